The van der Waals surface area contributed by atoms with Crippen molar-refractivity contribution in [3.05, 3.63) is 35.4 Å². The summed E-state index contributed by atoms with van der Waals surface area (Å²) in [5, 5.41) is 11.7. The van der Waals surface area contributed by atoms with Crippen molar-refractivity contribution in [2.24, 2.45) is 10.9 Å². The molecule has 0 unspecified atom stereocenters. The van der Waals surface area contributed by atoms with Crippen molar-refractivity contribution in [3.8, 4) is 0 Å². The van der Waals surface area contributed by atoms with Crippen LogP contribution < -0.4 is 5.73 Å². The molecule has 0 atom stereocenters. The second kappa shape index (κ2) is 7.08. The van der Waals surface area contributed by atoms with E-state index in [0.29, 0.717) is 18.5 Å². The van der Waals surface area contributed by atoms with Crippen LogP contribution in [-0.4, -0.2) is 41.6 Å². The van der Waals surface area contributed by atoms with Crippen molar-refractivity contribution in [1.82, 2.24) is 4.90 Å². The molecule has 0 aliphatic carbocycles. The summed E-state index contributed by atoms with van der Waals surface area (Å²) in [6.45, 7) is 4.20. The molecule has 0 saturated carbocycles. The molecule has 116 valence electrons. The lowest BCUT2D eigenvalue weighted by atomic mass is 10.0. The normalized spacial score (nSPS) is 12.3. The molecule has 0 heterocycles. The average Bonchev–Trinajstić information content (AvgIpc) is 2.46. The number of nitrogens with zero attached hydrogens (tertiary/aromatic N) is 2. The SMILES string of the molecule is COC(C)(C)CC(=O)N(C)Cc1cccc(/C(N)=N/O)c1. The third-order valence-electron chi connectivity index (χ3n) is 3.31. The van der Waals surface area contributed by atoms with Crippen LogP contribution in [0.2, 0.25) is 0 Å². The van der Waals surface area contributed by atoms with E-state index in [2.05, 4.69) is 5.16 Å². The molecule has 6 nitrogen and oxygen atoms in total. The van der Waals surface area contributed by atoms with Crippen LogP contribution in [0.25, 0.3) is 0 Å². The summed E-state index contributed by atoms with van der Waals surface area (Å²) in [6.07, 6.45) is 0.305. The maximum atomic E-state index is 12.2. The van der Waals surface area contributed by atoms with Crippen molar-refractivity contribution in [3.63, 3.8) is 0 Å². The highest BCUT2D eigenvalue weighted by atomic mass is 16.5. The van der Waals surface area contributed by atoms with Crippen LogP contribution in [0.1, 0.15) is 31.4 Å². The van der Waals surface area contributed by atoms with Crippen molar-refractivity contribution in [2.45, 2.75) is 32.4 Å². The lowest BCUT2D eigenvalue weighted by Crippen LogP contribution is -2.34. The van der Waals surface area contributed by atoms with Gasteiger partial charge in [-0.1, -0.05) is 23.4 Å². The Balaban J connectivity index is 2.75. The molecular weight excluding hydrogens is 270 g/mol. The van der Waals surface area contributed by atoms with Gasteiger partial charge in [-0.2, -0.15) is 0 Å². The number of nitrogens with two attached hydrogens (primary N) is 1. The largest absolute Gasteiger partial charge is 0.409 e. The predicted molar refractivity (Wildman–Crippen MR) is 81.1 cm³/mol. The van der Waals surface area contributed by atoms with Crippen LogP contribution in [-0.2, 0) is 16.1 Å². The van der Waals surface area contributed by atoms with Crippen molar-refractivity contribution in [2.75, 3.05) is 14.2 Å². The molecule has 1 rings (SSSR count). The van der Waals surface area contributed by atoms with Gasteiger partial charge in [0.05, 0.1) is 12.0 Å². The highest BCUT2D eigenvalue weighted by Gasteiger charge is 2.23. The molecule has 3 N–H and O–H groups in total. The smallest absolute Gasteiger partial charge is 0.225 e. The molecule has 0 bridgehead atoms. The molecule has 0 spiro atoms. The average molecular weight is 293 g/mol. The van der Waals surface area contributed by atoms with Gasteiger partial charge in [0, 0.05) is 26.3 Å². The van der Waals surface area contributed by atoms with Crippen LogP contribution >= 0.6 is 0 Å². The topological polar surface area (TPSA) is 88.2 Å². The Morgan fingerprint density at radius 3 is 2.71 bits per heavy atom. The minimum absolute atomic E-state index is 0.00366. The van der Waals surface area contributed by atoms with E-state index in [1.807, 2.05) is 19.9 Å². The van der Waals surface area contributed by atoms with Gasteiger partial charge in [-0.05, 0) is 25.5 Å². The molecule has 0 aromatic heterocycles. The number of oxime groups is 1. The molecule has 0 aliphatic heterocycles. The van der Waals surface area contributed by atoms with Gasteiger partial charge in [-0.15, -0.1) is 0 Å². The zero-order chi connectivity index (χ0) is 16.0. The van der Waals surface area contributed by atoms with Crippen LogP contribution in [0, 0.1) is 0 Å². The number of methoxy groups -OCH3 is 1. The third kappa shape index (κ3) is 5.07. The maximum absolute atomic E-state index is 12.2. The van der Waals surface area contributed by atoms with Gasteiger partial charge in [0.15, 0.2) is 5.84 Å². The van der Waals surface area contributed by atoms with Gasteiger partial charge >= 0.3 is 0 Å². The van der Waals surface area contributed by atoms with Gasteiger partial charge in [-0.25, -0.2) is 0 Å². The number of benzene rings is 1. The Morgan fingerprint density at radius 1 is 1.48 bits per heavy atom. The number of hydrogen-bond donors (Lipinski definition) is 2. The summed E-state index contributed by atoms with van der Waals surface area (Å²) in [6, 6.07) is 7.23. The van der Waals surface area contributed by atoms with Gasteiger partial charge in [0.2, 0.25) is 5.91 Å². The van der Waals surface area contributed by atoms with Crippen molar-refractivity contribution >= 4 is 11.7 Å². The van der Waals surface area contributed by atoms with Crippen LogP contribution in [0.5, 0.6) is 0 Å². The van der Waals surface area contributed by atoms with Crippen LogP contribution in [0.15, 0.2) is 29.4 Å². The molecule has 1 aromatic carbocycles. The zero-order valence-corrected chi connectivity index (χ0v) is 13.0. The Bertz CT molecular complexity index is 527. The first kappa shape index (κ1) is 17.0. The summed E-state index contributed by atoms with van der Waals surface area (Å²) in [7, 11) is 3.33. The summed E-state index contributed by atoms with van der Waals surface area (Å²) in [5.74, 6) is 0.0439. The molecule has 6 heteroatoms. The molecule has 0 saturated heterocycles. The van der Waals surface area contributed by atoms with Crippen molar-refractivity contribution in [1.29, 1.82) is 0 Å². The van der Waals surface area contributed by atoms with Gasteiger partial charge in [0.25, 0.3) is 0 Å². The summed E-state index contributed by atoms with van der Waals surface area (Å²) >= 11 is 0. The quantitative estimate of drug-likeness (QED) is 0.360. The Hall–Kier alpha value is -2.08. The predicted octanol–water partition coefficient (Wildman–Crippen LogP) is 1.55. The second-order valence-electron chi connectivity index (χ2n) is 5.58. The number of rotatable bonds is 6. The van der Waals surface area contributed by atoms with E-state index in [1.54, 1.807) is 37.3 Å². The maximum Gasteiger partial charge on any atom is 0.225 e. The second-order valence-corrected chi connectivity index (χ2v) is 5.58. The third-order valence-corrected chi connectivity index (χ3v) is 3.31. The fraction of sp³-hybridized carbons (Fsp3) is 0.467. The lowest BCUT2D eigenvalue weighted by molar-refractivity contribution is -0.135. The molecule has 0 radical (unpaired) electrons. The summed E-state index contributed by atoms with van der Waals surface area (Å²) < 4.78 is 5.27. The monoisotopic (exact) mass is 293 g/mol. The molecule has 1 amide bonds. The summed E-state index contributed by atoms with van der Waals surface area (Å²) in [4.78, 5) is 13.8. The highest BCUT2D eigenvalue weighted by molar-refractivity contribution is 5.97. The van der Waals surface area contributed by atoms with Gasteiger partial charge in [0.1, 0.15) is 0 Å². The highest BCUT2D eigenvalue weighted by Crippen LogP contribution is 2.15. The molecule has 21 heavy (non-hydrogen) atoms. The van der Waals surface area contributed by atoms with E-state index < -0.39 is 5.60 Å². The molecule has 0 aliphatic rings. The van der Waals surface area contributed by atoms with Gasteiger partial charge in [-0.3, -0.25) is 4.79 Å². The van der Waals surface area contributed by atoms with Gasteiger partial charge < -0.3 is 20.6 Å². The standard InChI is InChI=1S/C15H23N3O3/c1-15(2,21-4)9-13(19)18(3)10-11-6-5-7-12(8-11)14(16)17-20/h5-8,20H,9-10H2,1-4H3,(H2,16,17). The van der Waals surface area contributed by atoms with E-state index >= 15 is 0 Å². The fourth-order valence-corrected chi connectivity index (χ4v) is 1.82. The molecule has 0 fully saturated rings. The molecule has 1 aromatic rings. The van der Waals surface area contributed by atoms with E-state index in [1.165, 1.54) is 0 Å². The van der Waals surface area contributed by atoms with E-state index in [4.69, 9.17) is 15.7 Å². The number of amides is 1. The van der Waals surface area contributed by atoms with E-state index in [0.717, 1.165) is 5.56 Å². The Kier molecular flexibility index (Phi) is 5.72. The number of amidine groups is 1. The molecular formula is C15H23N3O3. The Labute approximate surface area is 125 Å². The zero-order valence-electron chi connectivity index (χ0n) is 13.0. The number of ether oxygens (including phenoxy) is 1. The first-order valence-corrected chi connectivity index (χ1v) is 6.65. The fourth-order valence-electron chi connectivity index (χ4n) is 1.82. The minimum Gasteiger partial charge on any atom is -0.409 e. The number of hydrogen-bond acceptors (Lipinski definition) is 4. The first-order valence-electron chi connectivity index (χ1n) is 6.65. The Morgan fingerprint density at radius 2 is 2.14 bits per heavy atom. The van der Waals surface area contributed by atoms with E-state index in [-0.39, 0.29) is 11.7 Å². The number of carbonyl (C=O) groups excluding carboxylic acids is 1. The minimum atomic E-state index is -0.485. The van der Waals surface area contributed by atoms with Crippen LogP contribution in [0.3, 0.4) is 0 Å². The number of carbonyl (C=O) groups is 1. The van der Waals surface area contributed by atoms with Crippen LogP contribution in [0.4, 0.5) is 0 Å². The first-order chi connectivity index (χ1) is 9.79. The lowest BCUT2D eigenvalue weighted by Gasteiger charge is -2.26. The van der Waals surface area contributed by atoms with Crippen molar-refractivity contribution < 1.29 is 14.7 Å². The van der Waals surface area contributed by atoms with E-state index in [9.17, 15) is 4.79 Å². The summed E-state index contributed by atoms with van der Waals surface area (Å²) in [5.41, 5.74) is 6.60.